The van der Waals surface area contributed by atoms with Crippen LogP contribution in [0.4, 0.5) is 0 Å². The van der Waals surface area contributed by atoms with Crippen molar-refractivity contribution < 1.29 is 9.90 Å². The molecule has 4 rings (SSSR count). The van der Waals surface area contributed by atoms with E-state index < -0.39 is 23.6 Å². The zero-order chi connectivity index (χ0) is 19.1. The lowest BCUT2D eigenvalue weighted by atomic mass is 10.1. The first-order valence-corrected chi connectivity index (χ1v) is 8.26. The molecule has 0 aliphatic carbocycles. The van der Waals surface area contributed by atoms with Gasteiger partial charge in [-0.3, -0.25) is 19.0 Å². The number of carboxylic acids is 1. The van der Waals surface area contributed by atoms with Crippen molar-refractivity contribution in [3.63, 3.8) is 0 Å². The van der Waals surface area contributed by atoms with Crippen molar-refractivity contribution in [2.75, 3.05) is 0 Å². The van der Waals surface area contributed by atoms with Gasteiger partial charge in [0.15, 0.2) is 0 Å². The van der Waals surface area contributed by atoms with E-state index in [9.17, 15) is 19.5 Å². The van der Waals surface area contributed by atoms with Crippen LogP contribution in [0.2, 0.25) is 0 Å². The molecule has 2 aromatic carbocycles. The van der Waals surface area contributed by atoms with Crippen LogP contribution >= 0.6 is 0 Å². The summed E-state index contributed by atoms with van der Waals surface area (Å²) in [6.07, 6.45) is 3.78. The predicted octanol–water partition coefficient (Wildman–Crippen LogP) is 1.18. The minimum Gasteiger partial charge on any atom is -0.480 e. The smallest absolute Gasteiger partial charge is 0.323 e. The predicted molar refractivity (Wildman–Crippen MR) is 101 cm³/mol. The highest BCUT2D eigenvalue weighted by molar-refractivity contribution is 6.05. The highest BCUT2D eigenvalue weighted by atomic mass is 16.4. The molecule has 0 amide bonds. The summed E-state index contributed by atoms with van der Waals surface area (Å²) in [5.41, 5.74) is 6.51. The molecule has 0 spiro atoms. The molecule has 0 saturated heterocycles. The molecule has 4 N–H and O–H groups in total. The van der Waals surface area contributed by atoms with E-state index in [-0.39, 0.29) is 0 Å². The van der Waals surface area contributed by atoms with Gasteiger partial charge < -0.3 is 20.4 Å². The second-order valence-electron chi connectivity index (χ2n) is 6.24. The molecule has 4 aromatic rings. The molecular weight excluding hydrogens is 348 g/mol. The highest BCUT2D eigenvalue weighted by Gasteiger charge is 2.14. The molecule has 2 heterocycles. The Morgan fingerprint density at radius 2 is 1.93 bits per heavy atom. The van der Waals surface area contributed by atoms with Crippen molar-refractivity contribution in [2.45, 2.75) is 13.1 Å². The fraction of sp³-hybridized carbons (Fsp3) is 0.105. The lowest BCUT2D eigenvalue weighted by molar-refractivity contribution is -0.137. The molecule has 0 aliphatic heterocycles. The summed E-state index contributed by atoms with van der Waals surface area (Å²) < 4.78 is 2.90. The summed E-state index contributed by atoms with van der Waals surface area (Å²) in [5.74, 6) is -1.20. The number of rotatable bonds is 4. The van der Waals surface area contributed by atoms with Crippen molar-refractivity contribution >= 4 is 27.8 Å². The summed E-state index contributed by atoms with van der Waals surface area (Å²) in [6.45, 7) is -0.174. The maximum atomic E-state index is 12.3. The molecule has 27 heavy (non-hydrogen) atoms. The van der Waals surface area contributed by atoms with Crippen molar-refractivity contribution in [1.82, 2.24) is 14.1 Å². The molecule has 0 bridgehead atoms. The van der Waals surface area contributed by atoms with Gasteiger partial charge in [-0.1, -0.05) is 12.1 Å². The first-order valence-electron chi connectivity index (χ1n) is 8.26. The van der Waals surface area contributed by atoms with E-state index in [4.69, 9.17) is 5.73 Å². The van der Waals surface area contributed by atoms with E-state index in [1.807, 2.05) is 47.3 Å². The zero-order valence-corrected chi connectivity index (χ0v) is 14.2. The molecule has 0 aliphatic rings. The molecule has 8 heteroatoms. The maximum absolute atomic E-state index is 12.3. The summed E-state index contributed by atoms with van der Waals surface area (Å²) >= 11 is 0. The van der Waals surface area contributed by atoms with Crippen molar-refractivity contribution in [3.05, 3.63) is 75.1 Å². The van der Waals surface area contributed by atoms with E-state index in [1.165, 1.54) is 0 Å². The van der Waals surface area contributed by atoms with Crippen LogP contribution in [0, 0.1) is 0 Å². The van der Waals surface area contributed by atoms with Crippen molar-refractivity contribution in [2.24, 2.45) is 5.73 Å². The van der Waals surface area contributed by atoms with Gasteiger partial charge in [0.1, 0.15) is 6.54 Å². The van der Waals surface area contributed by atoms with Crippen LogP contribution in [0.15, 0.2) is 58.4 Å². The van der Waals surface area contributed by atoms with Gasteiger partial charge in [-0.15, -0.1) is 0 Å². The Balaban J connectivity index is 2.08. The Bertz CT molecular complexity index is 1310. The minimum atomic E-state index is -1.20. The average Bonchev–Trinajstić information content (AvgIpc) is 3.13. The minimum absolute atomic E-state index is 0.382. The fourth-order valence-electron chi connectivity index (χ4n) is 3.25. The molecule has 0 fully saturated rings. The van der Waals surface area contributed by atoms with Crippen molar-refractivity contribution in [1.29, 1.82) is 0 Å². The van der Waals surface area contributed by atoms with Crippen LogP contribution < -0.4 is 16.9 Å². The number of H-pyrrole nitrogens is 1. The fourth-order valence-corrected chi connectivity index (χ4v) is 3.25. The van der Waals surface area contributed by atoms with Gasteiger partial charge in [-0.05, 0) is 35.2 Å². The third kappa shape index (κ3) is 2.81. The topological polar surface area (TPSA) is 123 Å². The molecule has 0 radical (unpaired) electrons. The number of hydrogen-bond acceptors (Lipinski definition) is 4. The largest absolute Gasteiger partial charge is 0.480 e. The average molecular weight is 364 g/mol. The van der Waals surface area contributed by atoms with Gasteiger partial charge >= 0.3 is 17.1 Å². The van der Waals surface area contributed by atoms with Gasteiger partial charge in [0.2, 0.25) is 0 Å². The van der Waals surface area contributed by atoms with Gasteiger partial charge in [-0.2, -0.15) is 0 Å². The Morgan fingerprint density at radius 3 is 2.63 bits per heavy atom. The quantitative estimate of drug-likeness (QED) is 0.371. The summed E-state index contributed by atoms with van der Waals surface area (Å²) in [6, 6.07) is 11.0. The first-order chi connectivity index (χ1) is 13.0. The number of aromatic nitrogens is 3. The maximum Gasteiger partial charge on any atom is 0.323 e. The summed E-state index contributed by atoms with van der Waals surface area (Å²) in [5, 5.41) is 10.7. The molecule has 136 valence electrons. The number of nitrogens with two attached hydrogens (primary N) is 1. The van der Waals surface area contributed by atoms with E-state index in [0.717, 1.165) is 21.2 Å². The monoisotopic (exact) mass is 364 g/mol. The number of aliphatic carboxylic acids is 1. The van der Waals surface area contributed by atoms with Crippen LogP contribution in [-0.2, 0) is 17.9 Å². The van der Waals surface area contributed by atoms with Gasteiger partial charge in [0, 0.05) is 30.0 Å². The third-order valence-corrected chi connectivity index (χ3v) is 4.52. The third-order valence-electron chi connectivity index (χ3n) is 4.52. The number of hydrogen-bond donors (Lipinski definition) is 3. The number of nitrogens with one attached hydrogen (secondary N) is 1. The van der Waals surface area contributed by atoms with Crippen LogP contribution in [-0.4, -0.2) is 25.2 Å². The molecular formula is C19H16N4O4. The normalized spacial score (nSPS) is 11.3. The lowest BCUT2D eigenvalue weighted by Gasteiger charge is -2.12. The Labute approximate surface area is 152 Å². The van der Waals surface area contributed by atoms with Crippen LogP contribution in [0.5, 0.6) is 0 Å². The molecule has 0 atom stereocenters. The van der Waals surface area contributed by atoms with Crippen LogP contribution in [0.1, 0.15) is 5.56 Å². The summed E-state index contributed by atoms with van der Waals surface area (Å²) in [7, 11) is 0. The number of nitrogens with zero attached hydrogens (tertiary/aromatic N) is 2. The number of carbonyl (C=O) groups is 1. The number of aromatic amines is 1. The van der Waals surface area contributed by atoms with E-state index in [2.05, 4.69) is 4.98 Å². The molecule has 0 unspecified atom stereocenters. The lowest BCUT2D eigenvalue weighted by Crippen LogP contribution is -2.37. The van der Waals surface area contributed by atoms with Crippen LogP contribution in [0.3, 0.4) is 0 Å². The van der Waals surface area contributed by atoms with Crippen molar-refractivity contribution in [3.8, 4) is 5.69 Å². The summed E-state index contributed by atoms with van der Waals surface area (Å²) in [4.78, 5) is 38.0. The van der Waals surface area contributed by atoms with E-state index in [1.54, 1.807) is 6.07 Å². The Hall–Kier alpha value is -3.65. The highest BCUT2D eigenvalue weighted by Crippen LogP contribution is 2.26. The molecule has 2 aromatic heterocycles. The van der Waals surface area contributed by atoms with Gasteiger partial charge in [0.25, 0.3) is 0 Å². The molecule has 0 saturated carbocycles. The standard InChI is InChI=1S/C19H16N4O4/c20-8-11-5-6-22(9-11)13-3-1-12-2-4-15-17(14(12)7-13)23(10-16(24)25)19(27)18(26)21-15/h1-7,9H,8,10,20H2,(H,21,26)(H,24,25). The van der Waals surface area contributed by atoms with Gasteiger partial charge in [0.05, 0.1) is 11.0 Å². The van der Waals surface area contributed by atoms with Crippen LogP contribution in [0.25, 0.3) is 27.5 Å². The number of carboxylic acid groups (broad SMARTS) is 1. The van der Waals surface area contributed by atoms with E-state index >= 15 is 0 Å². The Morgan fingerprint density at radius 1 is 1.15 bits per heavy atom. The van der Waals surface area contributed by atoms with Gasteiger partial charge in [-0.25, -0.2) is 0 Å². The first kappa shape index (κ1) is 16.8. The number of fused-ring (bicyclic) bond motifs is 3. The number of benzene rings is 2. The second kappa shape index (κ2) is 6.26. The Kier molecular flexibility index (Phi) is 3.89. The zero-order valence-electron chi connectivity index (χ0n) is 14.2. The molecule has 8 nitrogen and oxygen atoms in total. The van der Waals surface area contributed by atoms with E-state index in [0.29, 0.717) is 23.0 Å². The second-order valence-corrected chi connectivity index (χ2v) is 6.24. The SMILES string of the molecule is NCc1ccn(-c2ccc3ccc4[nH]c(=O)c(=O)n(CC(=O)O)c4c3c2)c1.